The highest BCUT2D eigenvalue weighted by atomic mass is 32.2. The van der Waals surface area contributed by atoms with Crippen molar-refractivity contribution in [3.63, 3.8) is 0 Å². The average Bonchev–Trinajstić information content (AvgIpc) is 2.84. The number of ether oxygens (including phenoxy) is 1. The van der Waals surface area contributed by atoms with Gasteiger partial charge in [-0.05, 0) is 53.6 Å². The molecule has 0 saturated heterocycles. The third-order valence-corrected chi connectivity index (χ3v) is 5.92. The Hall–Kier alpha value is -4.24. The molecule has 0 unspecified atom stereocenters. The van der Waals surface area contributed by atoms with Gasteiger partial charge in [0.2, 0.25) is 5.95 Å². The van der Waals surface area contributed by atoms with E-state index in [1.807, 2.05) is 42.5 Å². The predicted octanol–water partition coefficient (Wildman–Crippen LogP) is 3.96. The Bertz CT molecular complexity index is 1310. The number of carbonyl (C=O) groups excluding carboxylic acids is 1. The minimum atomic E-state index is -3.84. The van der Waals surface area contributed by atoms with E-state index in [0.717, 1.165) is 11.1 Å². The van der Waals surface area contributed by atoms with E-state index in [1.165, 1.54) is 36.7 Å². The number of sulfonamides is 1. The van der Waals surface area contributed by atoms with Crippen LogP contribution in [0.3, 0.4) is 0 Å². The van der Waals surface area contributed by atoms with Crippen LogP contribution < -0.4 is 14.8 Å². The van der Waals surface area contributed by atoms with Crippen molar-refractivity contribution in [1.82, 2.24) is 9.97 Å². The Morgan fingerprint density at radius 3 is 2.09 bits per heavy atom. The van der Waals surface area contributed by atoms with E-state index in [0.29, 0.717) is 11.4 Å². The van der Waals surface area contributed by atoms with Crippen LogP contribution in [0.2, 0.25) is 0 Å². The monoisotopic (exact) mass is 460 g/mol. The number of nitrogens with one attached hydrogen (secondary N) is 2. The van der Waals surface area contributed by atoms with Gasteiger partial charge in [-0.15, -0.1) is 0 Å². The summed E-state index contributed by atoms with van der Waals surface area (Å²) in [7, 11) is -3.84. The lowest BCUT2D eigenvalue weighted by Crippen LogP contribution is -2.20. The quantitative estimate of drug-likeness (QED) is 0.412. The molecule has 3 aromatic carbocycles. The Balaban J connectivity index is 1.31. The maximum Gasteiger partial charge on any atom is 0.264 e. The molecule has 0 fully saturated rings. The van der Waals surface area contributed by atoms with Crippen LogP contribution in [-0.2, 0) is 14.8 Å². The summed E-state index contributed by atoms with van der Waals surface area (Å²) < 4.78 is 32.7. The van der Waals surface area contributed by atoms with Crippen molar-refractivity contribution in [2.24, 2.45) is 0 Å². The predicted molar refractivity (Wildman–Crippen MR) is 125 cm³/mol. The van der Waals surface area contributed by atoms with Crippen LogP contribution >= 0.6 is 0 Å². The highest BCUT2D eigenvalue weighted by molar-refractivity contribution is 7.92. The van der Waals surface area contributed by atoms with E-state index in [9.17, 15) is 13.2 Å². The van der Waals surface area contributed by atoms with E-state index in [2.05, 4.69) is 20.0 Å². The zero-order chi connectivity index (χ0) is 23.1. The molecule has 1 aromatic heterocycles. The second kappa shape index (κ2) is 9.92. The fourth-order valence-electron chi connectivity index (χ4n) is 2.97. The topological polar surface area (TPSA) is 110 Å². The van der Waals surface area contributed by atoms with Crippen molar-refractivity contribution in [3.8, 4) is 16.9 Å². The van der Waals surface area contributed by atoms with Gasteiger partial charge in [0, 0.05) is 18.1 Å². The van der Waals surface area contributed by atoms with Crippen LogP contribution in [0.1, 0.15) is 0 Å². The molecule has 9 heteroatoms. The van der Waals surface area contributed by atoms with Crippen LogP contribution in [0.15, 0.2) is 102 Å². The Morgan fingerprint density at radius 1 is 0.788 bits per heavy atom. The maximum absolute atomic E-state index is 12.4. The molecular weight excluding hydrogens is 440 g/mol. The first-order chi connectivity index (χ1) is 16.0. The number of hydrogen-bond donors (Lipinski definition) is 2. The van der Waals surface area contributed by atoms with Gasteiger partial charge >= 0.3 is 0 Å². The van der Waals surface area contributed by atoms with Crippen LogP contribution in [0, 0.1) is 0 Å². The fraction of sp³-hybridized carbons (Fsp3) is 0.0417. The SMILES string of the molecule is O=C(COc1ccc(-c2ccccc2)cc1)Nc1ccc(S(=O)(=O)Nc2ncccn2)cc1. The summed E-state index contributed by atoms with van der Waals surface area (Å²) in [4.78, 5) is 19.9. The van der Waals surface area contributed by atoms with Gasteiger partial charge in [-0.2, -0.15) is 0 Å². The summed E-state index contributed by atoms with van der Waals surface area (Å²) >= 11 is 0. The van der Waals surface area contributed by atoms with Crippen LogP contribution in [0.5, 0.6) is 5.75 Å². The molecule has 33 heavy (non-hydrogen) atoms. The van der Waals surface area contributed by atoms with E-state index in [1.54, 1.807) is 18.2 Å². The minimum Gasteiger partial charge on any atom is -0.484 e. The smallest absolute Gasteiger partial charge is 0.264 e. The number of nitrogens with zero attached hydrogens (tertiary/aromatic N) is 2. The third-order valence-electron chi connectivity index (χ3n) is 4.57. The van der Waals surface area contributed by atoms with Crippen molar-refractivity contribution in [2.45, 2.75) is 4.90 Å². The lowest BCUT2D eigenvalue weighted by Gasteiger charge is -2.10. The Labute approximate surface area is 191 Å². The molecule has 2 N–H and O–H groups in total. The van der Waals surface area contributed by atoms with Crippen molar-refractivity contribution < 1.29 is 17.9 Å². The molecule has 1 heterocycles. The summed E-state index contributed by atoms with van der Waals surface area (Å²) in [6.07, 6.45) is 2.87. The van der Waals surface area contributed by atoms with Gasteiger partial charge in [-0.1, -0.05) is 42.5 Å². The summed E-state index contributed by atoms with van der Waals surface area (Å²) in [5, 5.41) is 2.67. The van der Waals surface area contributed by atoms with Gasteiger partial charge in [-0.25, -0.2) is 23.1 Å². The zero-order valence-electron chi connectivity index (χ0n) is 17.4. The van der Waals surface area contributed by atoms with Gasteiger partial charge in [0.15, 0.2) is 6.61 Å². The van der Waals surface area contributed by atoms with Crippen molar-refractivity contribution in [1.29, 1.82) is 0 Å². The molecule has 4 aromatic rings. The molecule has 0 atom stereocenters. The van der Waals surface area contributed by atoms with Gasteiger partial charge in [0.05, 0.1) is 4.90 Å². The Morgan fingerprint density at radius 2 is 1.42 bits per heavy atom. The molecule has 4 rings (SSSR count). The molecular formula is C24H20N4O4S. The number of aromatic nitrogens is 2. The van der Waals surface area contributed by atoms with E-state index in [4.69, 9.17) is 4.74 Å². The molecule has 0 aliphatic heterocycles. The first kappa shape index (κ1) is 22.0. The molecule has 0 saturated carbocycles. The van der Waals surface area contributed by atoms with Crippen LogP contribution in [0.25, 0.3) is 11.1 Å². The lowest BCUT2D eigenvalue weighted by molar-refractivity contribution is -0.118. The van der Waals surface area contributed by atoms with Crippen molar-refractivity contribution in [3.05, 3.63) is 97.3 Å². The highest BCUT2D eigenvalue weighted by Gasteiger charge is 2.15. The van der Waals surface area contributed by atoms with Crippen LogP contribution in [0.4, 0.5) is 11.6 Å². The lowest BCUT2D eigenvalue weighted by atomic mass is 10.1. The molecule has 0 bridgehead atoms. The second-order valence-corrected chi connectivity index (χ2v) is 8.61. The number of anilines is 2. The number of hydrogen-bond acceptors (Lipinski definition) is 6. The van der Waals surface area contributed by atoms with E-state index < -0.39 is 10.0 Å². The number of carbonyl (C=O) groups is 1. The highest BCUT2D eigenvalue weighted by Crippen LogP contribution is 2.22. The first-order valence-electron chi connectivity index (χ1n) is 9.98. The first-order valence-corrected chi connectivity index (χ1v) is 11.5. The molecule has 1 amide bonds. The molecule has 0 aliphatic rings. The Kier molecular flexibility index (Phi) is 6.61. The van der Waals surface area contributed by atoms with Crippen LogP contribution in [-0.4, -0.2) is 30.9 Å². The summed E-state index contributed by atoms with van der Waals surface area (Å²) in [5.41, 5.74) is 2.59. The second-order valence-electron chi connectivity index (χ2n) is 6.93. The normalized spacial score (nSPS) is 10.9. The maximum atomic E-state index is 12.4. The summed E-state index contributed by atoms with van der Waals surface area (Å²) in [6.45, 7) is -0.183. The van der Waals surface area contributed by atoms with E-state index >= 15 is 0 Å². The molecule has 166 valence electrons. The number of rotatable bonds is 8. The average molecular weight is 461 g/mol. The standard InChI is InChI=1S/C24H20N4O4S/c29-23(17-32-21-11-7-19(8-12-21)18-5-2-1-3-6-18)27-20-9-13-22(14-10-20)33(30,31)28-24-25-15-4-16-26-24/h1-16H,17H2,(H,27,29)(H,25,26,28). The van der Waals surface area contributed by atoms with Crippen molar-refractivity contribution in [2.75, 3.05) is 16.6 Å². The largest absolute Gasteiger partial charge is 0.484 e. The minimum absolute atomic E-state index is 0.0164. The molecule has 0 radical (unpaired) electrons. The zero-order valence-corrected chi connectivity index (χ0v) is 18.2. The number of amides is 1. The summed E-state index contributed by atoms with van der Waals surface area (Å²) in [5.74, 6) is 0.179. The van der Waals surface area contributed by atoms with Gasteiger partial charge in [-0.3, -0.25) is 4.79 Å². The van der Waals surface area contributed by atoms with Gasteiger partial charge in [0.1, 0.15) is 5.75 Å². The van der Waals surface area contributed by atoms with E-state index in [-0.39, 0.29) is 23.4 Å². The molecule has 8 nitrogen and oxygen atoms in total. The summed E-state index contributed by atoms with van der Waals surface area (Å²) in [6, 6.07) is 24.7. The van der Waals surface area contributed by atoms with Gasteiger partial charge < -0.3 is 10.1 Å². The third kappa shape index (κ3) is 5.92. The molecule has 0 aliphatic carbocycles. The number of benzene rings is 3. The van der Waals surface area contributed by atoms with Crippen molar-refractivity contribution >= 4 is 27.6 Å². The van der Waals surface area contributed by atoms with Gasteiger partial charge in [0.25, 0.3) is 15.9 Å². The molecule has 0 spiro atoms. The fourth-order valence-corrected chi connectivity index (χ4v) is 3.93.